The zero-order valence-electron chi connectivity index (χ0n) is 20.7. The summed E-state index contributed by atoms with van der Waals surface area (Å²) in [7, 11) is 0. The summed E-state index contributed by atoms with van der Waals surface area (Å²) < 4.78 is 5.00. The maximum absolute atomic E-state index is 14.3. The fraction of sp³-hybridized carbons (Fsp3) is 0.741. The lowest BCUT2D eigenvalue weighted by Crippen LogP contribution is -2.57. The van der Waals surface area contributed by atoms with E-state index in [9.17, 15) is 19.5 Å². The van der Waals surface area contributed by atoms with Gasteiger partial charge in [-0.05, 0) is 44.9 Å². The Labute approximate surface area is 213 Å². The average molecular weight is 505 g/mol. The van der Waals surface area contributed by atoms with Crippen molar-refractivity contribution >= 4 is 29.5 Å². The molecule has 5 atom stereocenters. The van der Waals surface area contributed by atoms with Crippen LogP contribution in [-0.2, 0) is 19.1 Å². The highest BCUT2D eigenvalue weighted by atomic mass is 32.2. The van der Waals surface area contributed by atoms with E-state index in [1.165, 1.54) is 6.42 Å². The lowest BCUT2D eigenvalue weighted by atomic mass is 9.71. The number of nitrogens with zero attached hydrogens (tertiary/aromatic N) is 2. The number of aliphatic hydroxyl groups excluding tert-OH is 1. The number of fused-ring (bicyclic) bond motifs is 1. The van der Waals surface area contributed by atoms with Gasteiger partial charge in [-0.3, -0.25) is 14.4 Å². The molecule has 0 radical (unpaired) electrons. The first kappa shape index (κ1) is 26.3. The number of carbonyl (C=O) groups excluding carboxylic acids is 3. The molecule has 3 heterocycles. The van der Waals surface area contributed by atoms with Crippen molar-refractivity contribution in [1.29, 1.82) is 0 Å². The average Bonchev–Trinajstić information content (AvgIpc) is 3.51. The second kappa shape index (κ2) is 11.5. The van der Waals surface area contributed by atoms with Crippen LogP contribution >= 0.6 is 11.8 Å². The van der Waals surface area contributed by atoms with Crippen LogP contribution in [-0.4, -0.2) is 81.1 Å². The van der Waals surface area contributed by atoms with Crippen molar-refractivity contribution in [1.82, 2.24) is 9.80 Å². The standard InChI is InChI=1S/C27H40N2O5S/c1-3-5-9-18-34-26(33)21-20-13-14-27(35-20)22(21)24(31)29(16-10-17-30)23(27)25(32)28(15-4-2)19-11-7-6-8-12-19/h3-4,19-23,30H,1-2,5-18H2/t20-,21+,22+,23?,27?/m1/s1. The number of aliphatic hydroxyl groups is 1. The van der Waals surface area contributed by atoms with Gasteiger partial charge in [-0.2, -0.15) is 0 Å². The van der Waals surface area contributed by atoms with E-state index in [-0.39, 0.29) is 35.7 Å². The molecule has 3 aliphatic heterocycles. The highest BCUT2D eigenvalue weighted by Crippen LogP contribution is 2.66. The summed E-state index contributed by atoms with van der Waals surface area (Å²) in [5.41, 5.74) is 0. The maximum Gasteiger partial charge on any atom is 0.310 e. The molecule has 0 aromatic carbocycles. The number of ether oxygens (including phenoxy) is 1. The van der Waals surface area contributed by atoms with E-state index < -0.39 is 22.6 Å². The van der Waals surface area contributed by atoms with E-state index in [0.717, 1.165) is 44.9 Å². The summed E-state index contributed by atoms with van der Waals surface area (Å²) in [6.45, 7) is 8.65. The van der Waals surface area contributed by atoms with E-state index in [4.69, 9.17) is 4.74 Å². The van der Waals surface area contributed by atoms with E-state index >= 15 is 0 Å². The van der Waals surface area contributed by atoms with Gasteiger partial charge in [-0.15, -0.1) is 24.9 Å². The predicted octanol–water partition coefficient (Wildman–Crippen LogP) is 3.32. The molecule has 0 aromatic heterocycles. The van der Waals surface area contributed by atoms with Gasteiger partial charge in [0.15, 0.2) is 0 Å². The monoisotopic (exact) mass is 504 g/mol. The van der Waals surface area contributed by atoms with Crippen LogP contribution in [0.3, 0.4) is 0 Å². The SMILES string of the molecule is C=CCCCOC(=O)[C@@H]1[C@H]2C(=O)N(CCCO)C(C(=O)N(CC=C)C3CCCCC3)C23CC[C@H]1S3. The molecule has 2 unspecified atom stereocenters. The third-order valence-electron chi connectivity index (χ3n) is 8.28. The van der Waals surface area contributed by atoms with Gasteiger partial charge >= 0.3 is 5.97 Å². The molecule has 3 saturated heterocycles. The molecule has 7 nitrogen and oxygen atoms in total. The molecule has 4 aliphatic rings. The summed E-state index contributed by atoms with van der Waals surface area (Å²) >= 11 is 1.67. The lowest BCUT2D eigenvalue weighted by Gasteiger charge is -2.41. The highest BCUT2D eigenvalue weighted by molar-refractivity contribution is 8.02. The Bertz CT molecular complexity index is 828. The fourth-order valence-electron chi connectivity index (χ4n) is 6.79. The number of unbranched alkanes of at least 4 members (excludes halogenated alkanes) is 1. The fourth-order valence-corrected chi connectivity index (χ4v) is 8.99. The largest absolute Gasteiger partial charge is 0.465 e. The molecule has 2 bridgehead atoms. The minimum atomic E-state index is -0.609. The minimum absolute atomic E-state index is 0.00804. The second-order valence-electron chi connectivity index (χ2n) is 10.3. The van der Waals surface area contributed by atoms with Crippen LogP contribution in [0, 0.1) is 11.8 Å². The summed E-state index contributed by atoms with van der Waals surface area (Å²) in [5.74, 6) is -1.50. The topological polar surface area (TPSA) is 87.1 Å². The van der Waals surface area contributed by atoms with Crippen molar-refractivity contribution in [3.8, 4) is 0 Å². The van der Waals surface area contributed by atoms with Crippen molar-refractivity contribution in [3.05, 3.63) is 25.3 Å². The molecule has 35 heavy (non-hydrogen) atoms. The zero-order chi connectivity index (χ0) is 25.0. The van der Waals surface area contributed by atoms with Gasteiger partial charge in [0.1, 0.15) is 6.04 Å². The molecular formula is C27H40N2O5S. The summed E-state index contributed by atoms with van der Waals surface area (Å²) in [6, 6.07) is -0.448. The molecule has 1 N–H and O–H groups in total. The third-order valence-corrected chi connectivity index (χ3v) is 10.2. The Morgan fingerprint density at radius 2 is 1.94 bits per heavy atom. The van der Waals surface area contributed by atoms with Gasteiger partial charge in [0.05, 0.1) is 23.2 Å². The Morgan fingerprint density at radius 3 is 2.63 bits per heavy atom. The molecule has 1 spiro atoms. The summed E-state index contributed by atoms with van der Waals surface area (Å²) in [5, 5.41) is 9.52. The Morgan fingerprint density at radius 1 is 1.17 bits per heavy atom. The van der Waals surface area contributed by atoms with Crippen molar-refractivity contribution in [2.75, 3.05) is 26.3 Å². The minimum Gasteiger partial charge on any atom is -0.465 e. The van der Waals surface area contributed by atoms with E-state index in [2.05, 4.69) is 13.2 Å². The number of hydrogen-bond donors (Lipinski definition) is 1. The molecule has 0 aromatic rings. The van der Waals surface area contributed by atoms with Crippen LogP contribution in [0.4, 0.5) is 0 Å². The highest BCUT2D eigenvalue weighted by Gasteiger charge is 2.74. The number of esters is 1. The number of allylic oxidation sites excluding steroid dienone is 1. The van der Waals surface area contributed by atoms with E-state index in [1.807, 2.05) is 4.90 Å². The van der Waals surface area contributed by atoms with Crippen molar-refractivity contribution < 1.29 is 24.2 Å². The molecule has 4 rings (SSSR count). The van der Waals surface area contributed by atoms with Crippen LogP contribution < -0.4 is 0 Å². The number of amides is 2. The molecule has 4 fully saturated rings. The Kier molecular flexibility index (Phi) is 8.63. The van der Waals surface area contributed by atoms with Gasteiger partial charge in [-0.25, -0.2) is 0 Å². The van der Waals surface area contributed by atoms with Gasteiger partial charge in [0.25, 0.3) is 0 Å². The van der Waals surface area contributed by atoms with E-state index in [0.29, 0.717) is 32.5 Å². The number of hydrogen-bond acceptors (Lipinski definition) is 6. The molecule has 1 saturated carbocycles. The Balaban J connectivity index is 1.63. The van der Waals surface area contributed by atoms with Gasteiger partial charge < -0.3 is 19.6 Å². The van der Waals surface area contributed by atoms with Crippen LogP contribution in [0.5, 0.6) is 0 Å². The van der Waals surface area contributed by atoms with Gasteiger partial charge in [-0.1, -0.05) is 31.4 Å². The van der Waals surface area contributed by atoms with Crippen molar-refractivity contribution in [2.45, 2.75) is 86.3 Å². The third kappa shape index (κ3) is 4.80. The van der Waals surface area contributed by atoms with Crippen molar-refractivity contribution in [2.24, 2.45) is 11.8 Å². The van der Waals surface area contributed by atoms with E-state index in [1.54, 1.807) is 28.8 Å². The first-order valence-corrected chi connectivity index (χ1v) is 14.2. The maximum atomic E-state index is 14.3. The number of carbonyl (C=O) groups is 3. The molecule has 2 amide bonds. The number of thioether (sulfide) groups is 1. The van der Waals surface area contributed by atoms with Gasteiger partial charge in [0.2, 0.25) is 11.8 Å². The van der Waals surface area contributed by atoms with Crippen molar-refractivity contribution in [3.63, 3.8) is 0 Å². The van der Waals surface area contributed by atoms with Crippen LogP contribution in [0.2, 0.25) is 0 Å². The molecule has 8 heteroatoms. The number of rotatable bonds is 12. The zero-order valence-corrected chi connectivity index (χ0v) is 21.6. The first-order chi connectivity index (χ1) is 17.0. The first-order valence-electron chi connectivity index (χ1n) is 13.3. The summed E-state index contributed by atoms with van der Waals surface area (Å²) in [6.07, 6.45) is 12.4. The number of likely N-dealkylation sites (tertiary alicyclic amines) is 1. The quantitative estimate of drug-likeness (QED) is 0.249. The van der Waals surface area contributed by atoms with Crippen LogP contribution in [0.15, 0.2) is 25.3 Å². The second-order valence-corrected chi connectivity index (χ2v) is 11.9. The molecule has 194 valence electrons. The predicted molar refractivity (Wildman–Crippen MR) is 137 cm³/mol. The molecular weight excluding hydrogens is 464 g/mol. The van der Waals surface area contributed by atoms with Gasteiger partial charge in [0, 0.05) is 31.0 Å². The Hall–Kier alpha value is -1.80. The van der Waals surface area contributed by atoms with Crippen LogP contribution in [0.25, 0.3) is 0 Å². The summed E-state index contributed by atoms with van der Waals surface area (Å²) in [4.78, 5) is 45.0. The lowest BCUT2D eigenvalue weighted by molar-refractivity contribution is -0.154. The molecule has 1 aliphatic carbocycles. The smallest absolute Gasteiger partial charge is 0.310 e. The normalized spacial score (nSPS) is 31.9. The van der Waals surface area contributed by atoms with Crippen LogP contribution in [0.1, 0.15) is 64.2 Å².